The van der Waals surface area contributed by atoms with E-state index in [4.69, 9.17) is 10.7 Å². The molecule has 0 aliphatic carbocycles. The van der Waals surface area contributed by atoms with Gasteiger partial charge in [-0.2, -0.15) is 0 Å². The van der Waals surface area contributed by atoms with Gasteiger partial charge in [0.2, 0.25) is 0 Å². The summed E-state index contributed by atoms with van der Waals surface area (Å²) in [6.45, 7) is 0. The van der Waals surface area contributed by atoms with Gasteiger partial charge in [-0.05, 0) is 12.1 Å². The van der Waals surface area contributed by atoms with Crippen molar-refractivity contribution in [2.24, 2.45) is 0 Å². The van der Waals surface area contributed by atoms with Gasteiger partial charge >= 0.3 is 0 Å². The molecule has 3 aromatic rings. The summed E-state index contributed by atoms with van der Waals surface area (Å²) in [6.07, 6.45) is 0. The molecule has 0 saturated carbocycles. The summed E-state index contributed by atoms with van der Waals surface area (Å²) in [6, 6.07) is 16.5. The second-order valence-electron chi connectivity index (χ2n) is 4.65. The monoisotopic (exact) mass is 264 g/mol. The van der Waals surface area contributed by atoms with Crippen LogP contribution >= 0.6 is 11.8 Å². The number of aromatic nitrogens is 1. The molecule has 2 nitrogen and oxygen atoms in total. The molecule has 2 heterocycles. The molecule has 0 fully saturated rings. The van der Waals surface area contributed by atoms with Gasteiger partial charge in [0.1, 0.15) is 0 Å². The van der Waals surface area contributed by atoms with Crippen molar-refractivity contribution in [2.75, 3.05) is 5.73 Å². The topological polar surface area (TPSA) is 38.9 Å². The Bertz CT molecular complexity index is 796. The third kappa shape index (κ3) is 1.55. The molecule has 0 saturated heterocycles. The number of anilines is 1. The van der Waals surface area contributed by atoms with Gasteiger partial charge in [-0.3, -0.25) is 0 Å². The van der Waals surface area contributed by atoms with Crippen LogP contribution in [0.5, 0.6) is 0 Å². The Hall–Kier alpha value is -2.00. The summed E-state index contributed by atoms with van der Waals surface area (Å²) in [5.41, 5.74) is 11.6. The van der Waals surface area contributed by atoms with E-state index in [0.29, 0.717) is 0 Å². The Balaban J connectivity index is 2.11. The van der Waals surface area contributed by atoms with Gasteiger partial charge in [0.05, 0.1) is 11.2 Å². The van der Waals surface area contributed by atoms with E-state index in [1.54, 1.807) is 0 Å². The van der Waals surface area contributed by atoms with Crippen LogP contribution in [0.3, 0.4) is 0 Å². The van der Waals surface area contributed by atoms with Crippen LogP contribution in [0, 0.1) is 0 Å². The van der Waals surface area contributed by atoms with E-state index in [9.17, 15) is 0 Å². The fourth-order valence-electron chi connectivity index (χ4n) is 2.58. The van der Waals surface area contributed by atoms with Crippen molar-refractivity contribution in [3.63, 3.8) is 0 Å². The fourth-order valence-corrected chi connectivity index (χ4v) is 3.67. The number of nitrogen functional groups attached to an aromatic ring is 1. The Labute approximate surface area is 115 Å². The summed E-state index contributed by atoms with van der Waals surface area (Å²) in [5, 5.41) is 1.06. The minimum atomic E-state index is 0.877. The molecule has 2 N–H and O–H groups in total. The van der Waals surface area contributed by atoms with Crippen LogP contribution in [-0.4, -0.2) is 4.98 Å². The molecule has 1 aliphatic rings. The first-order valence-electron chi connectivity index (χ1n) is 6.24. The molecule has 92 valence electrons. The largest absolute Gasteiger partial charge is 0.398 e. The summed E-state index contributed by atoms with van der Waals surface area (Å²) in [7, 11) is 0. The molecular formula is C16H12N2S. The minimum Gasteiger partial charge on any atom is -0.398 e. The van der Waals surface area contributed by atoms with Crippen LogP contribution in [0.25, 0.3) is 22.2 Å². The number of benzene rings is 2. The number of hydrogen-bond acceptors (Lipinski definition) is 3. The SMILES string of the molecule is Nc1c2c(nc3ccccc13)-c1ccccc1SC2. The number of hydrogen-bond donors (Lipinski definition) is 1. The molecule has 2 aromatic carbocycles. The molecule has 19 heavy (non-hydrogen) atoms. The van der Waals surface area contributed by atoms with Gasteiger partial charge < -0.3 is 5.73 Å². The summed E-state index contributed by atoms with van der Waals surface area (Å²) < 4.78 is 0. The van der Waals surface area contributed by atoms with Gasteiger partial charge in [-0.1, -0.05) is 36.4 Å². The standard InChI is InChI=1S/C16H12N2S/c17-15-10-5-1-3-7-13(10)18-16-11-6-2-4-8-14(11)19-9-12(15)16/h1-8H,9H2,(H2,17,18). The highest BCUT2D eigenvalue weighted by atomic mass is 32.2. The molecule has 0 bridgehead atoms. The maximum atomic E-state index is 6.34. The summed E-state index contributed by atoms with van der Waals surface area (Å²) in [4.78, 5) is 6.11. The molecule has 0 spiro atoms. The van der Waals surface area contributed by atoms with Crippen molar-refractivity contribution >= 4 is 28.4 Å². The Morgan fingerprint density at radius 1 is 1.00 bits per heavy atom. The van der Waals surface area contributed by atoms with Gasteiger partial charge in [0.15, 0.2) is 0 Å². The van der Waals surface area contributed by atoms with Crippen molar-refractivity contribution in [2.45, 2.75) is 10.6 Å². The van der Waals surface area contributed by atoms with E-state index in [-0.39, 0.29) is 0 Å². The second-order valence-corrected chi connectivity index (χ2v) is 5.67. The van der Waals surface area contributed by atoms with Crippen molar-refractivity contribution in [3.8, 4) is 11.3 Å². The number of fused-ring (bicyclic) bond motifs is 4. The first-order valence-corrected chi connectivity index (χ1v) is 7.22. The van der Waals surface area contributed by atoms with Gasteiger partial charge in [0.25, 0.3) is 0 Å². The Morgan fingerprint density at radius 3 is 2.74 bits per heavy atom. The summed E-state index contributed by atoms with van der Waals surface area (Å²) >= 11 is 1.83. The number of nitrogens with two attached hydrogens (primary N) is 1. The van der Waals surface area contributed by atoms with Crippen molar-refractivity contribution < 1.29 is 0 Å². The van der Waals surface area contributed by atoms with Crippen molar-refractivity contribution in [1.82, 2.24) is 4.98 Å². The molecular weight excluding hydrogens is 252 g/mol. The number of thioether (sulfide) groups is 1. The second kappa shape index (κ2) is 4.00. The van der Waals surface area contributed by atoms with Crippen LogP contribution in [0.2, 0.25) is 0 Å². The predicted octanol–water partition coefficient (Wildman–Crippen LogP) is 4.09. The fraction of sp³-hybridized carbons (Fsp3) is 0.0625. The lowest BCUT2D eigenvalue weighted by molar-refractivity contribution is 1.25. The van der Waals surface area contributed by atoms with Crippen molar-refractivity contribution in [3.05, 3.63) is 54.1 Å². The van der Waals surface area contributed by atoms with Crippen LogP contribution in [0.15, 0.2) is 53.4 Å². The molecule has 0 amide bonds. The highest BCUT2D eigenvalue weighted by molar-refractivity contribution is 7.98. The third-order valence-corrected chi connectivity index (χ3v) is 4.65. The number of nitrogens with zero attached hydrogens (tertiary/aromatic N) is 1. The molecule has 0 radical (unpaired) electrons. The highest BCUT2D eigenvalue weighted by Crippen LogP contribution is 2.44. The first kappa shape index (κ1) is 10.9. The van der Waals surface area contributed by atoms with Gasteiger partial charge in [0, 0.05) is 32.8 Å². The van der Waals surface area contributed by atoms with Crippen molar-refractivity contribution in [1.29, 1.82) is 0 Å². The highest BCUT2D eigenvalue weighted by Gasteiger charge is 2.21. The Kier molecular flexibility index (Phi) is 2.29. The molecule has 1 aromatic heterocycles. The smallest absolute Gasteiger partial charge is 0.0782 e. The third-order valence-electron chi connectivity index (χ3n) is 3.55. The quantitative estimate of drug-likeness (QED) is 0.664. The van der Waals surface area contributed by atoms with E-state index in [2.05, 4.69) is 24.3 Å². The number of pyridine rings is 1. The van der Waals surface area contributed by atoms with Gasteiger partial charge in [-0.25, -0.2) is 4.98 Å². The zero-order valence-corrected chi connectivity index (χ0v) is 11.1. The zero-order valence-electron chi connectivity index (χ0n) is 10.3. The van der Waals surface area contributed by atoms with E-state index < -0.39 is 0 Å². The Morgan fingerprint density at radius 2 is 1.79 bits per heavy atom. The van der Waals surface area contributed by atoms with Crippen LogP contribution < -0.4 is 5.73 Å². The lowest BCUT2D eigenvalue weighted by atomic mass is 10.0. The minimum absolute atomic E-state index is 0.877. The maximum Gasteiger partial charge on any atom is 0.0782 e. The normalized spacial score (nSPS) is 13.1. The maximum absolute atomic E-state index is 6.34. The van der Waals surface area contributed by atoms with E-state index in [1.807, 2.05) is 36.0 Å². The average Bonchev–Trinajstić information content (AvgIpc) is 2.47. The van der Waals surface area contributed by atoms with Gasteiger partial charge in [-0.15, -0.1) is 11.8 Å². The van der Waals surface area contributed by atoms with Crippen LogP contribution in [-0.2, 0) is 5.75 Å². The predicted molar refractivity (Wildman–Crippen MR) is 81.2 cm³/mol. The number of para-hydroxylation sites is 1. The molecule has 4 rings (SSSR count). The van der Waals surface area contributed by atoms with E-state index in [0.717, 1.165) is 28.0 Å². The molecule has 0 unspecified atom stereocenters. The van der Waals surface area contributed by atoms with E-state index >= 15 is 0 Å². The summed E-state index contributed by atoms with van der Waals surface area (Å²) in [5.74, 6) is 0.899. The van der Waals surface area contributed by atoms with Crippen LogP contribution in [0.1, 0.15) is 5.56 Å². The lowest BCUT2D eigenvalue weighted by Gasteiger charge is -2.21. The number of rotatable bonds is 0. The van der Waals surface area contributed by atoms with E-state index in [1.165, 1.54) is 16.0 Å². The average molecular weight is 264 g/mol. The lowest BCUT2D eigenvalue weighted by Crippen LogP contribution is -2.04. The first-order chi connectivity index (χ1) is 9.34. The molecule has 3 heteroatoms. The molecule has 1 aliphatic heterocycles. The van der Waals surface area contributed by atoms with Crippen LogP contribution in [0.4, 0.5) is 5.69 Å². The molecule has 0 atom stereocenters. The zero-order chi connectivity index (χ0) is 12.8.